The van der Waals surface area contributed by atoms with Crippen LogP contribution < -0.4 is 9.47 Å². The van der Waals surface area contributed by atoms with E-state index in [9.17, 15) is 14.7 Å². The smallest absolute Gasteiger partial charge is 0.227 e. The summed E-state index contributed by atoms with van der Waals surface area (Å²) >= 11 is 0. The first-order valence-electron chi connectivity index (χ1n) is 11.4. The van der Waals surface area contributed by atoms with E-state index < -0.39 is 5.78 Å². The zero-order valence-electron chi connectivity index (χ0n) is 19.2. The minimum atomic E-state index is -0.392. The van der Waals surface area contributed by atoms with E-state index in [-0.39, 0.29) is 23.1 Å². The van der Waals surface area contributed by atoms with Crippen molar-refractivity contribution in [1.82, 2.24) is 0 Å². The highest BCUT2D eigenvalue weighted by Gasteiger charge is 2.31. The summed E-state index contributed by atoms with van der Waals surface area (Å²) in [7, 11) is 1.37. The third kappa shape index (κ3) is 4.82. The van der Waals surface area contributed by atoms with Crippen LogP contribution in [-0.4, -0.2) is 23.8 Å². The summed E-state index contributed by atoms with van der Waals surface area (Å²) < 4.78 is 17.1. The lowest BCUT2D eigenvalue weighted by Crippen LogP contribution is -2.24. The normalized spacial score (nSPS) is 15.9. The molecule has 0 saturated heterocycles. The number of hydrogen-bond donors (Lipinski definition) is 1. The van der Waals surface area contributed by atoms with E-state index in [1.54, 1.807) is 12.1 Å². The van der Waals surface area contributed by atoms with Gasteiger partial charge in [0.2, 0.25) is 11.6 Å². The van der Waals surface area contributed by atoms with Gasteiger partial charge in [-0.1, -0.05) is 30.3 Å². The van der Waals surface area contributed by atoms with E-state index >= 15 is 0 Å². The molecule has 0 amide bonds. The number of aryl methyl sites for hydroxylation is 3. The number of carbonyl (C=O) groups excluding carboxylic acids is 2. The van der Waals surface area contributed by atoms with E-state index in [0.717, 1.165) is 16.7 Å². The third-order valence-corrected chi connectivity index (χ3v) is 6.14. The van der Waals surface area contributed by atoms with Crippen LogP contribution in [0.15, 0.2) is 89.9 Å². The van der Waals surface area contributed by atoms with Crippen molar-refractivity contribution < 1.29 is 28.9 Å². The van der Waals surface area contributed by atoms with Gasteiger partial charge in [-0.05, 0) is 78.8 Å². The summed E-state index contributed by atoms with van der Waals surface area (Å²) in [5, 5.41) is 10.3. The predicted octanol–water partition coefficient (Wildman–Crippen LogP) is 5.23. The fourth-order valence-corrected chi connectivity index (χ4v) is 4.23. The molecular formula is C29H24O6. The Labute approximate surface area is 203 Å². The molecule has 0 radical (unpaired) electrons. The first-order chi connectivity index (χ1) is 17.0. The Bertz CT molecular complexity index is 1360. The molecule has 1 aliphatic carbocycles. The van der Waals surface area contributed by atoms with Gasteiger partial charge in [0, 0.05) is 6.08 Å². The van der Waals surface area contributed by atoms with Crippen molar-refractivity contribution in [3.05, 3.63) is 107 Å². The molecule has 0 atom stereocenters. The first-order valence-corrected chi connectivity index (χ1v) is 11.4. The average Bonchev–Trinajstić information content (AvgIpc) is 2.87. The molecule has 6 bridgehead atoms. The van der Waals surface area contributed by atoms with Gasteiger partial charge < -0.3 is 19.3 Å². The first kappa shape index (κ1) is 22.5. The van der Waals surface area contributed by atoms with Crippen LogP contribution in [0.4, 0.5) is 0 Å². The summed E-state index contributed by atoms with van der Waals surface area (Å²) in [5.74, 6) is 0.865. The average molecular weight is 469 g/mol. The van der Waals surface area contributed by atoms with Crippen molar-refractivity contribution in [2.24, 2.45) is 0 Å². The Balaban J connectivity index is 1.55. The van der Waals surface area contributed by atoms with Crippen LogP contribution >= 0.6 is 0 Å². The Hall–Kier alpha value is -4.32. The van der Waals surface area contributed by atoms with Crippen LogP contribution in [0.3, 0.4) is 0 Å². The third-order valence-electron chi connectivity index (χ3n) is 6.14. The monoisotopic (exact) mass is 468 g/mol. The Kier molecular flexibility index (Phi) is 6.10. The number of methoxy groups -OCH3 is 1. The van der Waals surface area contributed by atoms with Crippen LogP contribution in [0.25, 0.3) is 0 Å². The number of Topliss-reactive ketones (excluding diaryl/α,β-unsaturated/α-hetero) is 1. The molecule has 6 heteroatoms. The van der Waals surface area contributed by atoms with Crippen molar-refractivity contribution in [3.8, 4) is 23.0 Å². The van der Waals surface area contributed by atoms with Crippen molar-refractivity contribution in [2.75, 3.05) is 7.11 Å². The Morgan fingerprint density at radius 1 is 0.771 bits per heavy atom. The molecule has 35 heavy (non-hydrogen) atoms. The van der Waals surface area contributed by atoms with Gasteiger partial charge in [0.15, 0.2) is 23.0 Å². The number of phenolic OH excluding ortho intramolecular Hbond substituents is 1. The molecule has 0 aromatic heterocycles. The lowest BCUT2D eigenvalue weighted by molar-refractivity contribution is -0.119. The van der Waals surface area contributed by atoms with Gasteiger partial charge >= 0.3 is 0 Å². The number of carbonyl (C=O) groups is 2. The number of ether oxygens (including phenoxy) is 3. The molecule has 6 rings (SSSR count). The predicted molar refractivity (Wildman–Crippen MR) is 130 cm³/mol. The molecule has 3 aromatic carbocycles. The second-order valence-electron chi connectivity index (χ2n) is 8.51. The summed E-state index contributed by atoms with van der Waals surface area (Å²) in [6.45, 7) is 0. The van der Waals surface area contributed by atoms with Gasteiger partial charge in [-0.3, -0.25) is 9.59 Å². The second-order valence-corrected chi connectivity index (χ2v) is 8.51. The highest BCUT2D eigenvalue weighted by Crippen LogP contribution is 2.33. The van der Waals surface area contributed by atoms with Crippen molar-refractivity contribution in [2.45, 2.75) is 25.7 Å². The van der Waals surface area contributed by atoms with Crippen LogP contribution in [0.2, 0.25) is 0 Å². The molecule has 3 aliphatic rings. The highest BCUT2D eigenvalue weighted by molar-refractivity contribution is 6.21. The Morgan fingerprint density at radius 2 is 1.49 bits per heavy atom. The SMILES string of the molecule is COC1=CC(=O)C2=C(CCc3ccc(cc3)Oc3cc(ccc3O)CCc3cccc(c3)O2)C1=O. The zero-order valence-corrected chi connectivity index (χ0v) is 19.2. The fraction of sp³-hybridized carbons (Fsp3) is 0.172. The van der Waals surface area contributed by atoms with Gasteiger partial charge in [-0.15, -0.1) is 0 Å². The largest absolute Gasteiger partial charge is 0.504 e. The molecule has 0 unspecified atom stereocenters. The number of benzene rings is 3. The van der Waals surface area contributed by atoms with Gasteiger partial charge in [0.25, 0.3) is 0 Å². The van der Waals surface area contributed by atoms with Crippen LogP contribution in [0.5, 0.6) is 23.0 Å². The Morgan fingerprint density at radius 3 is 2.26 bits per heavy atom. The van der Waals surface area contributed by atoms with Gasteiger partial charge in [0.05, 0.1) is 12.7 Å². The maximum Gasteiger partial charge on any atom is 0.227 e. The number of hydrogen-bond acceptors (Lipinski definition) is 6. The van der Waals surface area contributed by atoms with E-state index in [4.69, 9.17) is 14.2 Å². The maximum absolute atomic E-state index is 13.0. The lowest BCUT2D eigenvalue weighted by Gasteiger charge is -2.19. The van der Waals surface area contributed by atoms with Gasteiger partial charge in [-0.2, -0.15) is 0 Å². The number of ketones is 2. The molecule has 2 heterocycles. The van der Waals surface area contributed by atoms with E-state index in [2.05, 4.69) is 0 Å². The van der Waals surface area contributed by atoms with Gasteiger partial charge in [0.1, 0.15) is 11.5 Å². The van der Waals surface area contributed by atoms with E-state index in [1.807, 2.05) is 54.6 Å². The van der Waals surface area contributed by atoms with Crippen molar-refractivity contribution in [1.29, 1.82) is 0 Å². The number of fused-ring (bicyclic) bond motifs is 4. The fourth-order valence-electron chi connectivity index (χ4n) is 4.23. The zero-order chi connectivity index (χ0) is 24.4. The van der Waals surface area contributed by atoms with Crippen LogP contribution in [0.1, 0.15) is 23.1 Å². The molecule has 3 aromatic rings. The van der Waals surface area contributed by atoms with Crippen molar-refractivity contribution in [3.63, 3.8) is 0 Å². The quantitative estimate of drug-likeness (QED) is 0.493. The molecule has 0 saturated carbocycles. The topological polar surface area (TPSA) is 82.1 Å². The number of phenols is 1. The number of aromatic hydroxyl groups is 1. The van der Waals surface area contributed by atoms with Crippen molar-refractivity contribution >= 4 is 11.6 Å². The number of rotatable bonds is 1. The summed E-state index contributed by atoms with van der Waals surface area (Å²) in [4.78, 5) is 25.9. The van der Waals surface area contributed by atoms with Gasteiger partial charge in [-0.25, -0.2) is 0 Å². The standard InChI is InChI=1S/C29H24O6/c1-33-27-17-25(31)29-23(28(27)32)13-9-18-7-11-21(12-8-18)34-26-16-20(10-14-24(26)30)6-5-19-3-2-4-22(15-19)35-29/h2-4,7-8,10-12,14-17,30H,5-6,9,13H2,1H3. The molecule has 6 nitrogen and oxygen atoms in total. The second kappa shape index (κ2) is 9.50. The summed E-state index contributed by atoms with van der Waals surface area (Å²) in [6.07, 6.45) is 3.43. The lowest BCUT2D eigenvalue weighted by atomic mass is 9.94. The molecule has 0 fully saturated rings. The minimum Gasteiger partial charge on any atom is -0.504 e. The molecule has 176 valence electrons. The highest BCUT2D eigenvalue weighted by atomic mass is 16.5. The summed E-state index contributed by atoms with van der Waals surface area (Å²) in [6, 6.07) is 20.3. The van der Waals surface area contributed by atoms with E-state index in [0.29, 0.717) is 48.5 Å². The molecule has 1 N–H and O–H groups in total. The van der Waals surface area contributed by atoms with E-state index in [1.165, 1.54) is 13.2 Å². The van der Waals surface area contributed by atoms with Crippen LogP contribution in [0, 0.1) is 0 Å². The van der Waals surface area contributed by atoms with Crippen LogP contribution in [-0.2, 0) is 33.6 Å². The molecular weight excluding hydrogens is 444 g/mol. The maximum atomic E-state index is 13.0. The molecule has 2 aliphatic heterocycles. The number of allylic oxidation sites excluding steroid dienone is 2. The molecule has 0 spiro atoms. The minimum absolute atomic E-state index is 0.0120. The summed E-state index contributed by atoms with van der Waals surface area (Å²) in [5.41, 5.74) is 3.27.